The van der Waals surface area contributed by atoms with Gasteiger partial charge in [-0.05, 0) is 35.9 Å². The van der Waals surface area contributed by atoms with Crippen molar-refractivity contribution in [1.29, 1.82) is 0 Å². The predicted molar refractivity (Wildman–Crippen MR) is 109 cm³/mol. The van der Waals surface area contributed by atoms with E-state index in [4.69, 9.17) is 0 Å². The van der Waals surface area contributed by atoms with Crippen molar-refractivity contribution in [3.05, 3.63) is 89.5 Å². The standard InChI is InChI=1S/C21H18FN5OS/c22-17-9-5-4-8-16(17)14-29-20-11-10-18-24-25-19(27(18)26-20)12-13-23-21(28)15-6-2-1-3-7-15/h1-11H,12-14H2,(H,23,28). The molecule has 4 aromatic rings. The minimum atomic E-state index is -0.222. The summed E-state index contributed by atoms with van der Waals surface area (Å²) in [6, 6.07) is 19.4. The maximum atomic E-state index is 13.8. The van der Waals surface area contributed by atoms with Crippen LogP contribution in [0, 0.1) is 5.82 Å². The smallest absolute Gasteiger partial charge is 0.251 e. The number of rotatable bonds is 7. The Morgan fingerprint density at radius 2 is 1.79 bits per heavy atom. The van der Waals surface area contributed by atoms with Gasteiger partial charge in [-0.1, -0.05) is 48.2 Å². The van der Waals surface area contributed by atoms with Crippen LogP contribution in [0.5, 0.6) is 0 Å². The van der Waals surface area contributed by atoms with E-state index in [-0.39, 0.29) is 11.7 Å². The summed E-state index contributed by atoms with van der Waals surface area (Å²) in [4.78, 5) is 12.1. The lowest BCUT2D eigenvalue weighted by atomic mass is 10.2. The summed E-state index contributed by atoms with van der Waals surface area (Å²) in [6.07, 6.45) is 0.494. The van der Waals surface area contributed by atoms with E-state index in [1.807, 2.05) is 36.4 Å². The number of nitrogens with one attached hydrogen (secondary N) is 1. The molecular weight excluding hydrogens is 389 g/mol. The summed E-state index contributed by atoms with van der Waals surface area (Å²) in [6.45, 7) is 0.419. The van der Waals surface area contributed by atoms with Crippen molar-refractivity contribution in [3.8, 4) is 0 Å². The van der Waals surface area contributed by atoms with Crippen LogP contribution in [0.25, 0.3) is 5.65 Å². The number of thioether (sulfide) groups is 1. The van der Waals surface area contributed by atoms with Crippen molar-refractivity contribution in [3.63, 3.8) is 0 Å². The van der Waals surface area contributed by atoms with E-state index in [9.17, 15) is 9.18 Å². The lowest BCUT2D eigenvalue weighted by molar-refractivity contribution is 0.0954. The first-order valence-corrected chi connectivity index (χ1v) is 10.1. The lowest BCUT2D eigenvalue weighted by Crippen LogP contribution is -2.26. The van der Waals surface area contributed by atoms with Crippen LogP contribution in [0.3, 0.4) is 0 Å². The fraction of sp³-hybridized carbons (Fsp3) is 0.143. The second kappa shape index (κ2) is 8.83. The SMILES string of the molecule is O=C(NCCc1nnc2ccc(SCc3ccccc3F)nn12)c1ccccc1. The van der Waals surface area contributed by atoms with Crippen LogP contribution in [0.2, 0.25) is 0 Å². The van der Waals surface area contributed by atoms with Gasteiger partial charge in [0.25, 0.3) is 5.91 Å². The molecule has 0 spiro atoms. The van der Waals surface area contributed by atoms with Gasteiger partial charge in [-0.3, -0.25) is 4.79 Å². The Morgan fingerprint density at radius 3 is 2.62 bits per heavy atom. The first-order valence-electron chi connectivity index (χ1n) is 9.11. The summed E-state index contributed by atoms with van der Waals surface area (Å²) >= 11 is 1.44. The number of nitrogens with zero attached hydrogens (tertiary/aromatic N) is 4. The van der Waals surface area contributed by atoms with Crippen molar-refractivity contribution in [2.75, 3.05) is 6.54 Å². The Morgan fingerprint density at radius 1 is 1.00 bits per heavy atom. The Bertz CT molecular complexity index is 1130. The molecule has 0 radical (unpaired) electrons. The second-order valence-corrected chi connectivity index (χ2v) is 7.31. The summed E-state index contributed by atoms with van der Waals surface area (Å²) in [7, 11) is 0. The highest BCUT2D eigenvalue weighted by Gasteiger charge is 2.10. The van der Waals surface area contributed by atoms with E-state index in [1.54, 1.807) is 28.8 Å². The van der Waals surface area contributed by atoms with Gasteiger partial charge in [0, 0.05) is 24.3 Å². The molecule has 0 atom stereocenters. The van der Waals surface area contributed by atoms with Gasteiger partial charge in [-0.15, -0.1) is 10.2 Å². The highest BCUT2D eigenvalue weighted by atomic mass is 32.2. The molecule has 0 saturated heterocycles. The number of aromatic nitrogens is 4. The molecule has 4 rings (SSSR count). The monoisotopic (exact) mass is 407 g/mol. The third-order valence-corrected chi connectivity index (χ3v) is 5.28. The Balaban J connectivity index is 1.40. The van der Waals surface area contributed by atoms with Crippen LogP contribution in [-0.4, -0.2) is 32.3 Å². The first kappa shape index (κ1) is 19.1. The molecule has 8 heteroatoms. The molecule has 6 nitrogen and oxygen atoms in total. The number of carbonyl (C=O) groups excluding carboxylic acids is 1. The van der Waals surface area contributed by atoms with E-state index in [2.05, 4.69) is 20.6 Å². The summed E-state index contributed by atoms with van der Waals surface area (Å²) in [5.41, 5.74) is 1.88. The minimum absolute atomic E-state index is 0.131. The van der Waals surface area contributed by atoms with Crippen LogP contribution >= 0.6 is 11.8 Å². The average Bonchev–Trinajstić information content (AvgIpc) is 3.16. The number of carbonyl (C=O) groups is 1. The zero-order valence-corrected chi connectivity index (χ0v) is 16.3. The zero-order chi connectivity index (χ0) is 20.1. The molecule has 2 aromatic carbocycles. The van der Waals surface area contributed by atoms with Gasteiger partial charge in [0.2, 0.25) is 0 Å². The van der Waals surface area contributed by atoms with E-state index in [0.717, 1.165) is 5.03 Å². The molecule has 0 unspecified atom stereocenters. The van der Waals surface area contributed by atoms with E-state index < -0.39 is 0 Å². The molecule has 29 heavy (non-hydrogen) atoms. The molecule has 0 fully saturated rings. The van der Waals surface area contributed by atoms with Crippen LogP contribution < -0.4 is 5.32 Å². The van der Waals surface area contributed by atoms with E-state index >= 15 is 0 Å². The maximum absolute atomic E-state index is 13.8. The fourth-order valence-corrected chi connectivity index (χ4v) is 3.64. The molecule has 146 valence electrons. The number of hydrogen-bond donors (Lipinski definition) is 1. The molecule has 2 heterocycles. The fourth-order valence-electron chi connectivity index (χ4n) is 2.80. The third kappa shape index (κ3) is 4.60. The molecule has 0 bridgehead atoms. The number of amides is 1. The number of benzene rings is 2. The highest BCUT2D eigenvalue weighted by Crippen LogP contribution is 2.22. The van der Waals surface area contributed by atoms with Gasteiger partial charge < -0.3 is 5.32 Å². The van der Waals surface area contributed by atoms with Crippen molar-refractivity contribution in [2.45, 2.75) is 17.2 Å². The van der Waals surface area contributed by atoms with Crippen LogP contribution in [0.1, 0.15) is 21.7 Å². The largest absolute Gasteiger partial charge is 0.352 e. The molecule has 0 aliphatic rings. The third-order valence-electron chi connectivity index (χ3n) is 4.31. The van der Waals surface area contributed by atoms with Gasteiger partial charge in [0.15, 0.2) is 11.5 Å². The van der Waals surface area contributed by atoms with Crippen LogP contribution in [0.4, 0.5) is 4.39 Å². The number of halogens is 1. The molecule has 2 aromatic heterocycles. The topological polar surface area (TPSA) is 72.2 Å². The molecular formula is C21H18FN5OS. The lowest BCUT2D eigenvalue weighted by Gasteiger charge is -2.05. The molecule has 0 aliphatic heterocycles. The minimum Gasteiger partial charge on any atom is -0.352 e. The Kier molecular flexibility index (Phi) is 5.81. The zero-order valence-electron chi connectivity index (χ0n) is 15.5. The summed E-state index contributed by atoms with van der Waals surface area (Å²) in [5, 5.41) is 16.5. The summed E-state index contributed by atoms with van der Waals surface area (Å²) in [5.74, 6) is 0.783. The van der Waals surface area contributed by atoms with E-state index in [1.165, 1.54) is 17.8 Å². The van der Waals surface area contributed by atoms with Gasteiger partial charge in [0.1, 0.15) is 10.8 Å². The molecule has 0 aliphatic carbocycles. The van der Waals surface area contributed by atoms with Crippen molar-refractivity contribution in [1.82, 2.24) is 25.1 Å². The van der Waals surface area contributed by atoms with Gasteiger partial charge in [-0.25, -0.2) is 4.39 Å². The maximum Gasteiger partial charge on any atom is 0.251 e. The molecule has 1 N–H and O–H groups in total. The highest BCUT2D eigenvalue weighted by molar-refractivity contribution is 7.98. The van der Waals surface area contributed by atoms with Gasteiger partial charge in [-0.2, -0.15) is 9.61 Å². The first-order chi connectivity index (χ1) is 14.2. The van der Waals surface area contributed by atoms with Crippen molar-refractivity contribution in [2.24, 2.45) is 0 Å². The number of fused-ring (bicyclic) bond motifs is 1. The number of hydrogen-bond acceptors (Lipinski definition) is 5. The second-order valence-electron chi connectivity index (χ2n) is 6.31. The normalized spacial score (nSPS) is 10.9. The molecule has 1 amide bonds. The van der Waals surface area contributed by atoms with Crippen LogP contribution in [0.15, 0.2) is 71.8 Å². The van der Waals surface area contributed by atoms with Crippen molar-refractivity contribution >= 4 is 23.3 Å². The van der Waals surface area contributed by atoms with Gasteiger partial charge in [0.05, 0.1) is 0 Å². The quantitative estimate of drug-likeness (QED) is 0.475. The average molecular weight is 407 g/mol. The molecule has 0 saturated carbocycles. The Hall–Kier alpha value is -3.26. The van der Waals surface area contributed by atoms with Crippen LogP contribution in [-0.2, 0) is 12.2 Å². The van der Waals surface area contributed by atoms with E-state index in [0.29, 0.717) is 41.3 Å². The summed E-state index contributed by atoms with van der Waals surface area (Å²) < 4.78 is 15.5. The predicted octanol–water partition coefficient (Wildman–Crippen LogP) is 3.53. The van der Waals surface area contributed by atoms with Crippen molar-refractivity contribution < 1.29 is 9.18 Å². The Labute approximate surface area is 171 Å². The van der Waals surface area contributed by atoms with Gasteiger partial charge >= 0.3 is 0 Å².